The molecule has 2 N–H and O–H groups in total. The van der Waals surface area contributed by atoms with E-state index in [4.69, 9.17) is 0 Å². The number of halogens is 3. The SMILES string of the molecule is FC(F)(F)c1cnc(NC2CCCC2)nc1-c1c[nH]c2cc(-c3nccs3)ccc12. The van der Waals surface area contributed by atoms with Gasteiger partial charge in [0.25, 0.3) is 0 Å². The van der Waals surface area contributed by atoms with Gasteiger partial charge in [0.1, 0.15) is 10.6 Å². The third-order valence-electron chi connectivity index (χ3n) is 5.40. The molecule has 1 aromatic carbocycles. The number of H-pyrrole nitrogens is 1. The van der Waals surface area contributed by atoms with Crippen LogP contribution in [0.3, 0.4) is 0 Å². The first-order valence-corrected chi connectivity index (χ1v) is 10.6. The summed E-state index contributed by atoms with van der Waals surface area (Å²) in [4.78, 5) is 15.6. The summed E-state index contributed by atoms with van der Waals surface area (Å²) in [5, 5.41) is 6.60. The van der Waals surface area contributed by atoms with Gasteiger partial charge < -0.3 is 10.3 Å². The van der Waals surface area contributed by atoms with Gasteiger partial charge >= 0.3 is 6.18 Å². The molecule has 0 atom stereocenters. The van der Waals surface area contributed by atoms with E-state index in [0.29, 0.717) is 10.9 Å². The van der Waals surface area contributed by atoms with Gasteiger partial charge in [-0.3, -0.25) is 0 Å². The van der Waals surface area contributed by atoms with E-state index in [2.05, 4.69) is 25.3 Å². The van der Waals surface area contributed by atoms with Crippen LogP contribution < -0.4 is 5.32 Å². The van der Waals surface area contributed by atoms with Gasteiger partial charge in [0, 0.05) is 52.0 Å². The molecule has 9 heteroatoms. The topological polar surface area (TPSA) is 66.5 Å². The molecular weight excluding hydrogens is 411 g/mol. The van der Waals surface area contributed by atoms with Gasteiger partial charge in [-0.1, -0.05) is 25.0 Å². The van der Waals surface area contributed by atoms with Crippen molar-refractivity contribution in [3.8, 4) is 21.8 Å². The van der Waals surface area contributed by atoms with Crippen molar-refractivity contribution in [2.75, 3.05) is 5.32 Å². The Labute approximate surface area is 174 Å². The Morgan fingerprint density at radius 3 is 2.70 bits per heavy atom. The van der Waals surface area contributed by atoms with Crippen LogP contribution in [-0.2, 0) is 6.18 Å². The predicted molar refractivity (Wildman–Crippen MR) is 111 cm³/mol. The van der Waals surface area contributed by atoms with Crippen LogP contribution in [0.1, 0.15) is 31.2 Å². The fourth-order valence-electron chi connectivity index (χ4n) is 3.94. The second kappa shape index (κ2) is 7.39. The lowest BCUT2D eigenvalue weighted by Crippen LogP contribution is -2.18. The van der Waals surface area contributed by atoms with Crippen molar-refractivity contribution in [2.24, 2.45) is 0 Å². The Bertz CT molecular complexity index is 1180. The third kappa shape index (κ3) is 3.54. The van der Waals surface area contributed by atoms with Crippen LogP contribution in [0.5, 0.6) is 0 Å². The van der Waals surface area contributed by atoms with E-state index in [1.807, 2.05) is 23.6 Å². The highest BCUT2D eigenvalue weighted by atomic mass is 32.1. The molecule has 1 fully saturated rings. The average molecular weight is 429 g/mol. The maximum absolute atomic E-state index is 13.7. The quantitative estimate of drug-likeness (QED) is 0.410. The number of thiazole rings is 1. The number of rotatable bonds is 4. The Morgan fingerprint density at radius 1 is 1.13 bits per heavy atom. The Hall–Kier alpha value is -2.94. The largest absolute Gasteiger partial charge is 0.419 e. The van der Waals surface area contributed by atoms with Crippen LogP contribution in [-0.4, -0.2) is 26.0 Å². The van der Waals surface area contributed by atoms with Gasteiger partial charge in [-0.15, -0.1) is 11.3 Å². The highest BCUT2D eigenvalue weighted by Crippen LogP contribution is 2.39. The van der Waals surface area contributed by atoms with Gasteiger partial charge in [0.05, 0.1) is 5.69 Å². The number of anilines is 1. The van der Waals surface area contributed by atoms with Gasteiger partial charge in [-0.25, -0.2) is 15.0 Å². The predicted octanol–water partition coefficient (Wildman–Crippen LogP) is 6.12. The molecular formula is C21H18F3N5S. The zero-order valence-corrected chi connectivity index (χ0v) is 16.6. The van der Waals surface area contributed by atoms with E-state index in [9.17, 15) is 13.2 Å². The van der Waals surface area contributed by atoms with E-state index in [-0.39, 0.29) is 17.7 Å². The van der Waals surface area contributed by atoms with Crippen LogP contribution in [0.15, 0.2) is 42.2 Å². The molecule has 1 aliphatic carbocycles. The molecule has 5 nitrogen and oxygen atoms in total. The van der Waals surface area contributed by atoms with E-state index in [1.54, 1.807) is 12.4 Å². The van der Waals surface area contributed by atoms with E-state index >= 15 is 0 Å². The van der Waals surface area contributed by atoms with Gasteiger partial charge in [-0.2, -0.15) is 13.2 Å². The van der Waals surface area contributed by atoms with Crippen molar-refractivity contribution in [3.05, 3.63) is 47.7 Å². The molecule has 5 rings (SSSR count). The summed E-state index contributed by atoms with van der Waals surface area (Å²) in [7, 11) is 0. The summed E-state index contributed by atoms with van der Waals surface area (Å²) in [5.41, 5.74) is 1.08. The first kappa shape index (κ1) is 19.0. The maximum Gasteiger partial charge on any atom is 0.419 e. The lowest BCUT2D eigenvalue weighted by atomic mass is 10.0. The van der Waals surface area contributed by atoms with E-state index in [1.165, 1.54) is 11.3 Å². The molecule has 0 bridgehead atoms. The maximum atomic E-state index is 13.7. The van der Waals surface area contributed by atoms with Crippen molar-refractivity contribution < 1.29 is 13.2 Å². The molecule has 4 aromatic rings. The molecule has 0 unspecified atom stereocenters. The van der Waals surface area contributed by atoms with Gasteiger partial charge in [0.2, 0.25) is 5.95 Å². The van der Waals surface area contributed by atoms with Crippen molar-refractivity contribution in [3.63, 3.8) is 0 Å². The normalized spacial score (nSPS) is 15.2. The minimum absolute atomic E-state index is 0.119. The number of nitrogens with zero attached hydrogens (tertiary/aromatic N) is 3. The summed E-state index contributed by atoms with van der Waals surface area (Å²) in [6.45, 7) is 0. The lowest BCUT2D eigenvalue weighted by molar-refractivity contribution is -0.137. The zero-order valence-electron chi connectivity index (χ0n) is 15.8. The molecule has 1 saturated carbocycles. The molecule has 30 heavy (non-hydrogen) atoms. The van der Waals surface area contributed by atoms with Gasteiger partial charge in [-0.05, 0) is 18.9 Å². The van der Waals surface area contributed by atoms with Gasteiger partial charge in [0.15, 0.2) is 0 Å². The second-order valence-electron chi connectivity index (χ2n) is 7.38. The summed E-state index contributed by atoms with van der Waals surface area (Å²) < 4.78 is 41.1. The number of hydrogen-bond acceptors (Lipinski definition) is 5. The van der Waals surface area contributed by atoms with E-state index in [0.717, 1.165) is 48.0 Å². The Kier molecular flexibility index (Phi) is 4.69. The minimum atomic E-state index is -4.55. The van der Waals surface area contributed by atoms with Crippen LogP contribution in [0.4, 0.5) is 19.1 Å². The van der Waals surface area contributed by atoms with Crippen molar-refractivity contribution >= 4 is 28.2 Å². The minimum Gasteiger partial charge on any atom is -0.360 e. The third-order valence-corrected chi connectivity index (χ3v) is 6.22. The number of benzene rings is 1. The highest BCUT2D eigenvalue weighted by Gasteiger charge is 2.36. The number of hydrogen-bond donors (Lipinski definition) is 2. The standard InChI is InChI=1S/C21H18F3N5S/c22-21(23,24)16-11-27-20(28-13-3-1-2-4-13)29-18(16)15-10-26-17-9-12(5-6-14(15)17)19-25-7-8-30-19/h5-11,13,26H,1-4H2,(H,27,28,29). The van der Waals surface area contributed by atoms with Crippen LogP contribution >= 0.6 is 11.3 Å². The molecule has 0 spiro atoms. The fourth-order valence-corrected chi connectivity index (χ4v) is 4.57. The van der Waals surface area contributed by atoms with Crippen molar-refractivity contribution in [2.45, 2.75) is 37.9 Å². The summed E-state index contributed by atoms with van der Waals surface area (Å²) >= 11 is 1.51. The molecule has 0 radical (unpaired) electrons. The van der Waals surface area contributed by atoms with Crippen molar-refractivity contribution in [1.82, 2.24) is 19.9 Å². The number of alkyl halides is 3. The summed E-state index contributed by atoms with van der Waals surface area (Å²) in [6.07, 6.45) is 3.80. The molecule has 3 aromatic heterocycles. The molecule has 0 saturated heterocycles. The fraction of sp³-hybridized carbons (Fsp3) is 0.286. The monoisotopic (exact) mass is 429 g/mol. The van der Waals surface area contributed by atoms with Crippen molar-refractivity contribution in [1.29, 1.82) is 0 Å². The zero-order chi connectivity index (χ0) is 20.7. The number of aromatic amines is 1. The molecule has 1 aliphatic rings. The smallest absolute Gasteiger partial charge is 0.360 e. The number of aromatic nitrogens is 4. The van der Waals surface area contributed by atoms with Crippen LogP contribution in [0.2, 0.25) is 0 Å². The molecule has 0 amide bonds. The summed E-state index contributed by atoms with van der Waals surface area (Å²) in [6, 6.07) is 5.78. The Morgan fingerprint density at radius 2 is 1.97 bits per heavy atom. The first-order chi connectivity index (χ1) is 14.5. The average Bonchev–Trinajstić information content (AvgIpc) is 3.48. The second-order valence-corrected chi connectivity index (χ2v) is 8.27. The first-order valence-electron chi connectivity index (χ1n) is 9.71. The Balaban J connectivity index is 1.59. The molecule has 154 valence electrons. The highest BCUT2D eigenvalue weighted by molar-refractivity contribution is 7.13. The summed E-state index contributed by atoms with van der Waals surface area (Å²) in [5.74, 6) is 0.235. The molecule has 0 aliphatic heterocycles. The number of fused-ring (bicyclic) bond motifs is 1. The van der Waals surface area contributed by atoms with E-state index < -0.39 is 11.7 Å². The molecule has 3 heterocycles. The van der Waals surface area contributed by atoms with Crippen LogP contribution in [0.25, 0.3) is 32.7 Å². The number of nitrogens with one attached hydrogen (secondary N) is 2. The van der Waals surface area contributed by atoms with Crippen LogP contribution in [0, 0.1) is 0 Å². The lowest BCUT2D eigenvalue weighted by Gasteiger charge is -2.15.